The molecule has 0 saturated heterocycles. The van der Waals surface area contributed by atoms with Crippen molar-refractivity contribution in [3.05, 3.63) is 0 Å². The molecule has 2 rings (SSSR count). The number of aliphatic hydroxyl groups excluding tert-OH is 1. The number of aliphatic hydroxyl groups is 1. The molecule has 0 spiro atoms. The van der Waals surface area contributed by atoms with Crippen LogP contribution in [0.15, 0.2) is 0 Å². The van der Waals surface area contributed by atoms with Gasteiger partial charge in [-0.2, -0.15) is 0 Å². The highest BCUT2D eigenvalue weighted by atomic mass is 16.3. The van der Waals surface area contributed by atoms with Gasteiger partial charge in [-0.3, -0.25) is 0 Å². The van der Waals surface area contributed by atoms with E-state index in [0.717, 1.165) is 31.3 Å². The molecule has 0 bridgehead atoms. The summed E-state index contributed by atoms with van der Waals surface area (Å²) in [7, 11) is 0. The van der Waals surface area contributed by atoms with Crippen molar-refractivity contribution < 1.29 is 5.11 Å². The second kappa shape index (κ2) is 3.75. The molecule has 2 N–H and O–H groups in total. The summed E-state index contributed by atoms with van der Waals surface area (Å²) in [5.41, 5.74) is 0. The standard InChI is InChI=1S/C10H19NO/c12-10-3-1-2-8(6-10)7-11-9-4-5-9/h8-12H,1-7H2. The summed E-state index contributed by atoms with van der Waals surface area (Å²) in [4.78, 5) is 0. The maximum Gasteiger partial charge on any atom is 0.0543 e. The van der Waals surface area contributed by atoms with Crippen LogP contribution in [0.5, 0.6) is 0 Å². The van der Waals surface area contributed by atoms with Crippen molar-refractivity contribution in [2.75, 3.05) is 6.54 Å². The maximum absolute atomic E-state index is 9.43. The van der Waals surface area contributed by atoms with Gasteiger partial charge in [-0.25, -0.2) is 0 Å². The first-order valence-electron chi connectivity index (χ1n) is 5.26. The molecule has 70 valence electrons. The fourth-order valence-electron chi connectivity index (χ4n) is 2.07. The summed E-state index contributed by atoms with van der Waals surface area (Å²) in [6.45, 7) is 1.14. The SMILES string of the molecule is OC1CCCC(CNC2CC2)C1. The summed E-state index contributed by atoms with van der Waals surface area (Å²) in [5, 5.41) is 13.0. The fourth-order valence-corrected chi connectivity index (χ4v) is 2.07. The summed E-state index contributed by atoms with van der Waals surface area (Å²) >= 11 is 0. The molecule has 0 amide bonds. The topological polar surface area (TPSA) is 32.3 Å². The number of hydrogen-bond donors (Lipinski definition) is 2. The van der Waals surface area contributed by atoms with Gasteiger partial charge in [-0.1, -0.05) is 6.42 Å². The van der Waals surface area contributed by atoms with Crippen LogP contribution < -0.4 is 5.32 Å². The molecule has 0 aromatic carbocycles. The van der Waals surface area contributed by atoms with Gasteiger partial charge in [0.25, 0.3) is 0 Å². The lowest BCUT2D eigenvalue weighted by Gasteiger charge is -2.25. The van der Waals surface area contributed by atoms with E-state index in [1.165, 1.54) is 25.7 Å². The zero-order valence-corrected chi connectivity index (χ0v) is 7.63. The van der Waals surface area contributed by atoms with Crippen LogP contribution >= 0.6 is 0 Å². The van der Waals surface area contributed by atoms with Crippen LogP contribution in [0.3, 0.4) is 0 Å². The summed E-state index contributed by atoms with van der Waals surface area (Å²) in [6.07, 6.45) is 7.32. The minimum atomic E-state index is -0.00949. The Morgan fingerprint density at radius 1 is 1.17 bits per heavy atom. The molecule has 0 aliphatic heterocycles. The van der Waals surface area contributed by atoms with Gasteiger partial charge in [0.2, 0.25) is 0 Å². The van der Waals surface area contributed by atoms with Gasteiger partial charge >= 0.3 is 0 Å². The molecule has 2 saturated carbocycles. The van der Waals surface area contributed by atoms with Gasteiger partial charge in [-0.15, -0.1) is 0 Å². The quantitative estimate of drug-likeness (QED) is 0.667. The first kappa shape index (κ1) is 8.52. The first-order valence-corrected chi connectivity index (χ1v) is 5.26. The van der Waals surface area contributed by atoms with E-state index in [-0.39, 0.29) is 6.10 Å². The lowest BCUT2D eigenvalue weighted by Crippen LogP contribution is -2.30. The monoisotopic (exact) mass is 169 g/mol. The van der Waals surface area contributed by atoms with E-state index in [0.29, 0.717) is 0 Å². The molecule has 2 atom stereocenters. The zero-order chi connectivity index (χ0) is 8.39. The lowest BCUT2D eigenvalue weighted by atomic mass is 9.87. The van der Waals surface area contributed by atoms with Crippen molar-refractivity contribution in [2.45, 2.75) is 50.7 Å². The Morgan fingerprint density at radius 2 is 2.00 bits per heavy atom. The third kappa shape index (κ3) is 2.46. The summed E-state index contributed by atoms with van der Waals surface area (Å²) in [6, 6.07) is 0.823. The van der Waals surface area contributed by atoms with Crippen molar-refractivity contribution in [3.8, 4) is 0 Å². The highest BCUT2D eigenvalue weighted by Crippen LogP contribution is 2.25. The van der Waals surface area contributed by atoms with Gasteiger partial charge in [-0.05, 0) is 44.6 Å². The van der Waals surface area contributed by atoms with Crippen molar-refractivity contribution >= 4 is 0 Å². The minimum Gasteiger partial charge on any atom is -0.393 e. The smallest absolute Gasteiger partial charge is 0.0543 e. The van der Waals surface area contributed by atoms with Crippen LogP contribution in [-0.2, 0) is 0 Å². The third-order valence-corrected chi connectivity index (χ3v) is 3.03. The molecule has 0 aromatic heterocycles. The average Bonchev–Trinajstić information content (AvgIpc) is 2.84. The number of hydrogen-bond acceptors (Lipinski definition) is 2. The summed E-state index contributed by atoms with van der Waals surface area (Å²) < 4.78 is 0. The van der Waals surface area contributed by atoms with Crippen LogP contribution in [0.1, 0.15) is 38.5 Å². The second-order valence-corrected chi connectivity index (χ2v) is 4.37. The van der Waals surface area contributed by atoms with Crippen molar-refractivity contribution in [2.24, 2.45) is 5.92 Å². The van der Waals surface area contributed by atoms with Crippen LogP contribution in [0.2, 0.25) is 0 Å². The predicted octanol–water partition coefficient (Wildman–Crippen LogP) is 1.29. The molecule has 0 heterocycles. The predicted molar refractivity (Wildman–Crippen MR) is 49.0 cm³/mol. The lowest BCUT2D eigenvalue weighted by molar-refractivity contribution is 0.101. The van der Waals surface area contributed by atoms with Crippen LogP contribution in [0.4, 0.5) is 0 Å². The van der Waals surface area contributed by atoms with Crippen LogP contribution in [-0.4, -0.2) is 23.8 Å². The zero-order valence-electron chi connectivity index (χ0n) is 7.63. The van der Waals surface area contributed by atoms with E-state index in [2.05, 4.69) is 5.32 Å². The Morgan fingerprint density at radius 3 is 2.67 bits per heavy atom. The average molecular weight is 169 g/mol. The molecule has 2 aliphatic rings. The van der Waals surface area contributed by atoms with Crippen LogP contribution in [0.25, 0.3) is 0 Å². The molecular formula is C10H19NO. The van der Waals surface area contributed by atoms with Crippen molar-refractivity contribution in [1.29, 1.82) is 0 Å². The normalized spacial score (nSPS) is 36.8. The van der Waals surface area contributed by atoms with E-state index in [1.54, 1.807) is 0 Å². The fraction of sp³-hybridized carbons (Fsp3) is 1.00. The second-order valence-electron chi connectivity index (χ2n) is 4.37. The Balaban J connectivity index is 1.64. The Bertz CT molecular complexity index is 145. The van der Waals surface area contributed by atoms with Gasteiger partial charge in [0.05, 0.1) is 6.10 Å². The summed E-state index contributed by atoms with van der Waals surface area (Å²) in [5.74, 6) is 0.745. The molecule has 2 heteroatoms. The Labute approximate surface area is 74.4 Å². The number of nitrogens with one attached hydrogen (secondary N) is 1. The molecular weight excluding hydrogens is 150 g/mol. The molecule has 0 radical (unpaired) electrons. The van der Waals surface area contributed by atoms with Gasteiger partial charge < -0.3 is 10.4 Å². The van der Waals surface area contributed by atoms with E-state index in [4.69, 9.17) is 0 Å². The Kier molecular flexibility index (Phi) is 2.66. The molecule has 12 heavy (non-hydrogen) atoms. The largest absolute Gasteiger partial charge is 0.393 e. The molecule has 2 fully saturated rings. The highest BCUT2D eigenvalue weighted by Gasteiger charge is 2.24. The van der Waals surface area contributed by atoms with E-state index >= 15 is 0 Å². The minimum absolute atomic E-state index is 0.00949. The van der Waals surface area contributed by atoms with Gasteiger partial charge in [0.15, 0.2) is 0 Å². The van der Waals surface area contributed by atoms with Gasteiger partial charge in [0, 0.05) is 6.04 Å². The maximum atomic E-state index is 9.43. The molecule has 0 aromatic rings. The van der Waals surface area contributed by atoms with Crippen molar-refractivity contribution in [1.82, 2.24) is 5.32 Å². The van der Waals surface area contributed by atoms with Crippen LogP contribution in [0, 0.1) is 5.92 Å². The highest BCUT2D eigenvalue weighted by molar-refractivity contribution is 4.83. The first-order chi connectivity index (χ1) is 5.84. The van der Waals surface area contributed by atoms with Crippen molar-refractivity contribution in [3.63, 3.8) is 0 Å². The number of rotatable bonds is 3. The van der Waals surface area contributed by atoms with E-state index in [1.807, 2.05) is 0 Å². The molecule has 2 nitrogen and oxygen atoms in total. The Hall–Kier alpha value is -0.0800. The van der Waals surface area contributed by atoms with E-state index < -0.39 is 0 Å². The van der Waals surface area contributed by atoms with E-state index in [9.17, 15) is 5.11 Å². The van der Waals surface area contributed by atoms with Gasteiger partial charge in [0.1, 0.15) is 0 Å². The third-order valence-electron chi connectivity index (χ3n) is 3.03. The molecule has 2 aliphatic carbocycles. The molecule has 2 unspecified atom stereocenters.